The summed E-state index contributed by atoms with van der Waals surface area (Å²) in [6, 6.07) is 10.0. The average Bonchev–Trinajstić information content (AvgIpc) is 3.35. The third-order valence-electron chi connectivity index (χ3n) is 5.03. The zero-order valence-corrected chi connectivity index (χ0v) is 17.4. The number of nitrogens with two attached hydrogens (primary N) is 1. The lowest BCUT2D eigenvalue weighted by molar-refractivity contribution is 0.664. The number of thioether (sulfide) groups is 1. The first kappa shape index (κ1) is 18.4. The van der Waals surface area contributed by atoms with Crippen molar-refractivity contribution >= 4 is 45.4 Å². The minimum absolute atomic E-state index is 0.176. The molecule has 1 unspecified atom stereocenters. The largest absolute Gasteiger partial charge is 0.368 e. The van der Waals surface area contributed by atoms with Gasteiger partial charge in [0.05, 0.1) is 23.8 Å². The van der Waals surface area contributed by atoms with Gasteiger partial charge in [0.2, 0.25) is 5.95 Å². The fourth-order valence-corrected chi connectivity index (χ4v) is 4.57. The van der Waals surface area contributed by atoms with Crippen LogP contribution in [0.25, 0.3) is 16.7 Å². The van der Waals surface area contributed by atoms with E-state index in [2.05, 4.69) is 61.2 Å². The summed E-state index contributed by atoms with van der Waals surface area (Å²) in [7, 11) is 0. The molecule has 0 saturated heterocycles. The molecule has 2 aromatic heterocycles. The number of nitrogens with one attached hydrogen (secondary N) is 2. The van der Waals surface area contributed by atoms with Crippen LogP contribution in [0.5, 0.6) is 0 Å². The monoisotopic (exact) mass is 416 g/mol. The van der Waals surface area contributed by atoms with E-state index in [9.17, 15) is 0 Å². The molecule has 4 heterocycles. The number of amidine groups is 1. The SMILES string of the molecule is C=C1C(c2ccccc2)=C(C(C)Nc2nc(N)nc3[nH]cnc23)N=C2SC=C(C)N12. The van der Waals surface area contributed by atoms with Crippen LogP contribution in [-0.2, 0) is 0 Å². The Morgan fingerprint density at radius 2 is 2.03 bits per heavy atom. The van der Waals surface area contributed by atoms with Gasteiger partial charge in [-0.05, 0) is 24.8 Å². The van der Waals surface area contributed by atoms with Gasteiger partial charge in [-0.2, -0.15) is 9.97 Å². The maximum Gasteiger partial charge on any atom is 0.224 e. The first-order chi connectivity index (χ1) is 14.5. The third kappa shape index (κ3) is 2.94. The average molecular weight is 417 g/mol. The summed E-state index contributed by atoms with van der Waals surface area (Å²) in [6.07, 6.45) is 1.58. The van der Waals surface area contributed by atoms with Crippen molar-refractivity contribution in [1.29, 1.82) is 0 Å². The van der Waals surface area contributed by atoms with Crippen molar-refractivity contribution in [2.24, 2.45) is 4.99 Å². The lowest BCUT2D eigenvalue weighted by atomic mass is 9.96. The molecule has 3 aromatic rings. The van der Waals surface area contributed by atoms with Crippen molar-refractivity contribution in [3.63, 3.8) is 0 Å². The van der Waals surface area contributed by atoms with Crippen LogP contribution >= 0.6 is 11.8 Å². The van der Waals surface area contributed by atoms with Crippen LogP contribution in [0.4, 0.5) is 11.8 Å². The van der Waals surface area contributed by atoms with Gasteiger partial charge >= 0.3 is 0 Å². The molecule has 30 heavy (non-hydrogen) atoms. The molecule has 2 aliphatic heterocycles. The maximum absolute atomic E-state index is 5.88. The number of nitrogen functional groups attached to an aromatic ring is 1. The van der Waals surface area contributed by atoms with Gasteiger partial charge in [-0.1, -0.05) is 48.7 Å². The number of H-pyrrole nitrogens is 1. The lowest BCUT2D eigenvalue weighted by Crippen LogP contribution is -2.30. The summed E-state index contributed by atoms with van der Waals surface area (Å²) in [5.74, 6) is 0.739. The van der Waals surface area contributed by atoms with Gasteiger partial charge in [-0.15, -0.1) is 0 Å². The van der Waals surface area contributed by atoms with Crippen molar-refractivity contribution in [2.45, 2.75) is 19.9 Å². The van der Waals surface area contributed by atoms with Crippen molar-refractivity contribution < 1.29 is 0 Å². The molecular weight excluding hydrogens is 396 g/mol. The van der Waals surface area contributed by atoms with E-state index in [1.807, 2.05) is 25.1 Å². The molecule has 0 saturated carbocycles. The normalized spacial score (nSPS) is 17.1. The van der Waals surface area contributed by atoms with Crippen LogP contribution in [-0.4, -0.2) is 36.0 Å². The smallest absolute Gasteiger partial charge is 0.224 e. The molecule has 4 N–H and O–H groups in total. The van der Waals surface area contributed by atoms with Crippen LogP contribution < -0.4 is 11.1 Å². The summed E-state index contributed by atoms with van der Waals surface area (Å²) in [6.45, 7) is 8.51. The number of hydrogen-bond acceptors (Lipinski definition) is 8. The number of fused-ring (bicyclic) bond motifs is 2. The van der Waals surface area contributed by atoms with Gasteiger partial charge in [0, 0.05) is 11.3 Å². The Hall–Kier alpha value is -3.59. The van der Waals surface area contributed by atoms with E-state index in [0.29, 0.717) is 17.0 Å². The topological polar surface area (TPSA) is 108 Å². The van der Waals surface area contributed by atoms with Crippen molar-refractivity contribution in [3.8, 4) is 0 Å². The quantitative estimate of drug-likeness (QED) is 0.591. The molecule has 8 nitrogen and oxygen atoms in total. The van der Waals surface area contributed by atoms with Crippen molar-refractivity contribution in [3.05, 3.63) is 71.3 Å². The Bertz CT molecular complexity index is 1250. The number of allylic oxidation sites excluding steroid dienone is 2. The number of anilines is 2. The van der Waals surface area contributed by atoms with Crippen LogP contribution in [0.2, 0.25) is 0 Å². The van der Waals surface area contributed by atoms with E-state index < -0.39 is 0 Å². The van der Waals surface area contributed by atoms with E-state index in [1.165, 1.54) is 0 Å². The van der Waals surface area contributed by atoms with E-state index in [0.717, 1.165) is 33.4 Å². The highest BCUT2D eigenvalue weighted by Gasteiger charge is 2.33. The van der Waals surface area contributed by atoms with E-state index >= 15 is 0 Å². The van der Waals surface area contributed by atoms with E-state index in [1.54, 1.807) is 18.1 Å². The zero-order chi connectivity index (χ0) is 20.8. The van der Waals surface area contributed by atoms with Crippen LogP contribution in [0.1, 0.15) is 19.4 Å². The molecule has 0 bridgehead atoms. The summed E-state index contributed by atoms with van der Waals surface area (Å²) in [5.41, 5.74) is 12.1. The highest BCUT2D eigenvalue weighted by atomic mass is 32.2. The molecule has 0 amide bonds. The molecule has 0 fully saturated rings. The van der Waals surface area contributed by atoms with Crippen LogP contribution in [0.3, 0.4) is 0 Å². The van der Waals surface area contributed by atoms with Gasteiger partial charge in [0.1, 0.15) is 5.52 Å². The summed E-state index contributed by atoms with van der Waals surface area (Å²) < 4.78 is 0. The molecule has 0 spiro atoms. The van der Waals surface area contributed by atoms with Gasteiger partial charge in [0.25, 0.3) is 0 Å². The Morgan fingerprint density at radius 1 is 1.23 bits per heavy atom. The molecule has 0 aliphatic carbocycles. The van der Waals surface area contributed by atoms with Crippen LogP contribution in [0, 0.1) is 0 Å². The number of aliphatic imine (C=N–C) groups is 1. The number of aromatic nitrogens is 4. The Morgan fingerprint density at radius 3 is 2.83 bits per heavy atom. The van der Waals surface area contributed by atoms with Gasteiger partial charge in [-0.25, -0.2) is 9.98 Å². The van der Waals surface area contributed by atoms with E-state index in [-0.39, 0.29) is 12.0 Å². The first-order valence-electron chi connectivity index (χ1n) is 9.47. The van der Waals surface area contributed by atoms with Gasteiger partial charge in [0.15, 0.2) is 16.6 Å². The second-order valence-electron chi connectivity index (χ2n) is 7.08. The maximum atomic E-state index is 5.88. The third-order valence-corrected chi connectivity index (χ3v) is 5.98. The predicted octanol–water partition coefficient (Wildman–Crippen LogP) is 3.94. The highest BCUT2D eigenvalue weighted by Crippen LogP contribution is 2.42. The molecule has 5 rings (SSSR count). The summed E-state index contributed by atoms with van der Waals surface area (Å²) in [4.78, 5) is 22.9. The van der Waals surface area contributed by atoms with Crippen molar-refractivity contribution in [1.82, 2.24) is 24.8 Å². The van der Waals surface area contributed by atoms with Crippen LogP contribution in [0.15, 0.2) is 70.7 Å². The standard InChI is InChI=1S/C21H20N8S/c1-11-9-30-21-26-16(15(13(3)29(11)21)14-7-5-4-6-8-14)12(2)25-19-17-18(24-10-23-17)27-20(22)28-19/h4-10,12H,3H2,1-2H3,(H4,22,23,24,25,27,28). The second-order valence-corrected chi connectivity index (χ2v) is 7.91. The first-order valence-corrected chi connectivity index (χ1v) is 10.3. The molecule has 1 aromatic carbocycles. The minimum atomic E-state index is -0.178. The predicted molar refractivity (Wildman–Crippen MR) is 122 cm³/mol. The number of hydrogen-bond donors (Lipinski definition) is 3. The van der Waals surface area contributed by atoms with E-state index in [4.69, 9.17) is 10.7 Å². The molecular formula is C21H20N8S. The fraction of sp³-hybridized carbons (Fsp3) is 0.143. The highest BCUT2D eigenvalue weighted by molar-refractivity contribution is 8.16. The van der Waals surface area contributed by atoms with Gasteiger partial charge < -0.3 is 16.0 Å². The molecule has 9 heteroatoms. The second kappa shape index (κ2) is 7.03. The number of aromatic amines is 1. The number of imidazole rings is 1. The zero-order valence-electron chi connectivity index (χ0n) is 16.5. The Balaban J connectivity index is 1.61. The number of benzene rings is 1. The molecule has 2 aliphatic rings. The summed E-state index contributed by atoms with van der Waals surface area (Å²) in [5, 5.41) is 6.41. The minimum Gasteiger partial charge on any atom is -0.368 e. The molecule has 150 valence electrons. The molecule has 0 radical (unpaired) electrons. The summed E-state index contributed by atoms with van der Waals surface area (Å²) >= 11 is 1.60. The van der Waals surface area contributed by atoms with Crippen molar-refractivity contribution in [2.75, 3.05) is 11.1 Å². The fourth-order valence-electron chi connectivity index (χ4n) is 3.68. The lowest BCUT2D eigenvalue weighted by Gasteiger charge is -2.32. The Labute approximate surface area is 177 Å². The Kier molecular flexibility index (Phi) is 4.32. The molecule has 1 atom stereocenters. The number of rotatable bonds is 4. The number of nitrogens with zero attached hydrogens (tertiary/aromatic N) is 5. The van der Waals surface area contributed by atoms with Gasteiger partial charge in [-0.3, -0.25) is 4.90 Å².